The largest absolute Gasteiger partial charge is 0.329 e. The third kappa shape index (κ3) is 2.03. The van der Waals surface area contributed by atoms with Gasteiger partial charge < -0.3 is 4.90 Å². The maximum absolute atomic E-state index is 11.9. The number of fused-ring (bicyclic) bond motifs is 1. The molecule has 1 aliphatic rings. The topological polar surface area (TPSA) is 38.1 Å². The van der Waals surface area contributed by atoms with E-state index in [9.17, 15) is 4.79 Å². The van der Waals surface area contributed by atoms with Crippen LogP contribution in [0.4, 0.5) is 4.79 Å². The van der Waals surface area contributed by atoms with Gasteiger partial charge in [-0.3, -0.25) is 4.57 Å². The molecule has 4 heteroatoms. The zero-order valence-electron chi connectivity index (χ0n) is 9.15. The number of amides is 1. The van der Waals surface area contributed by atoms with Crippen molar-refractivity contribution >= 4 is 6.03 Å². The molecule has 0 fully saturated rings. The van der Waals surface area contributed by atoms with Crippen molar-refractivity contribution < 1.29 is 4.79 Å². The zero-order valence-corrected chi connectivity index (χ0v) is 9.15. The average Bonchev–Trinajstić information content (AvgIpc) is 2.70. The van der Waals surface area contributed by atoms with Gasteiger partial charge in [-0.05, 0) is 6.42 Å². The van der Waals surface area contributed by atoms with Crippen LogP contribution in [0.3, 0.4) is 0 Å². The van der Waals surface area contributed by atoms with Crippen LogP contribution in [-0.4, -0.2) is 33.6 Å². The molecule has 0 atom stereocenters. The second-order valence-electron chi connectivity index (χ2n) is 3.98. The molecule has 0 unspecified atom stereocenters. The molecule has 0 aliphatic carbocycles. The van der Waals surface area contributed by atoms with Crippen LogP contribution in [0, 0.1) is 0 Å². The van der Waals surface area contributed by atoms with Crippen LogP contribution in [0.1, 0.15) is 31.9 Å². The van der Waals surface area contributed by atoms with Crippen LogP contribution in [0.25, 0.3) is 0 Å². The van der Waals surface area contributed by atoms with E-state index < -0.39 is 0 Å². The summed E-state index contributed by atoms with van der Waals surface area (Å²) in [6.45, 7) is 3.89. The summed E-state index contributed by atoms with van der Waals surface area (Å²) in [6.07, 6.45) is 7.81. The molecule has 0 saturated heterocycles. The van der Waals surface area contributed by atoms with E-state index in [1.807, 2.05) is 4.90 Å². The van der Waals surface area contributed by atoms with Crippen LogP contribution < -0.4 is 0 Å². The van der Waals surface area contributed by atoms with E-state index >= 15 is 0 Å². The van der Waals surface area contributed by atoms with Gasteiger partial charge in [0, 0.05) is 31.4 Å². The standard InChI is InChI=1S/C11H17N3O/c1-2-3-4-6-13-7-5-10-8-12-9-14(10)11(13)15/h8-9H,2-7H2,1H3. The number of hydrogen-bond acceptors (Lipinski definition) is 2. The van der Waals surface area contributed by atoms with Crippen molar-refractivity contribution in [2.75, 3.05) is 13.1 Å². The lowest BCUT2D eigenvalue weighted by molar-refractivity contribution is 0.191. The first-order valence-corrected chi connectivity index (χ1v) is 5.63. The highest BCUT2D eigenvalue weighted by molar-refractivity contribution is 5.78. The fourth-order valence-electron chi connectivity index (χ4n) is 1.94. The van der Waals surface area contributed by atoms with Crippen molar-refractivity contribution in [3.8, 4) is 0 Å². The predicted octanol–water partition coefficient (Wildman–Crippen LogP) is 1.90. The lowest BCUT2D eigenvalue weighted by Gasteiger charge is -2.27. The molecule has 2 heterocycles. The van der Waals surface area contributed by atoms with Gasteiger partial charge in [0.2, 0.25) is 0 Å². The smallest absolute Gasteiger partial charge is 0.324 e. The quantitative estimate of drug-likeness (QED) is 0.707. The van der Waals surface area contributed by atoms with E-state index in [0.29, 0.717) is 0 Å². The monoisotopic (exact) mass is 207 g/mol. The third-order valence-corrected chi connectivity index (χ3v) is 2.86. The Hall–Kier alpha value is -1.32. The number of carbonyl (C=O) groups excluding carboxylic acids is 1. The minimum absolute atomic E-state index is 0.0878. The molecule has 0 saturated carbocycles. The maximum atomic E-state index is 11.9. The first-order valence-electron chi connectivity index (χ1n) is 5.63. The number of hydrogen-bond donors (Lipinski definition) is 0. The molecule has 82 valence electrons. The summed E-state index contributed by atoms with van der Waals surface area (Å²) in [7, 11) is 0. The van der Waals surface area contributed by atoms with E-state index in [2.05, 4.69) is 11.9 Å². The molecule has 4 nitrogen and oxygen atoms in total. The van der Waals surface area contributed by atoms with Gasteiger partial charge in [-0.2, -0.15) is 0 Å². The first kappa shape index (κ1) is 10.2. The van der Waals surface area contributed by atoms with Crippen LogP contribution >= 0.6 is 0 Å². The van der Waals surface area contributed by atoms with Gasteiger partial charge in [0.1, 0.15) is 6.33 Å². The van der Waals surface area contributed by atoms with Crippen LogP contribution in [-0.2, 0) is 6.42 Å². The van der Waals surface area contributed by atoms with Crippen molar-refractivity contribution in [2.24, 2.45) is 0 Å². The molecule has 0 N–H and O–H groups in total. The minimum Gasteiger partial charge on any atom is -0.324 e. The normalized spacial score (nSPS) is 15.5. The second-order valence-corrected chi connectivity index (χ2v) is 3.98. The minimum atomic E-state index is 0.0878. The number of rotatable bonds is 4. The molecule has 0 spiro atoms. The summed E-state index contributed by atoms with van der Waals surface area (Å²) in [5, 5.41) is 0. The Labute approximate surface area is 89.9 Å². The van der Waals surface area contributed by atoms with Crippen molar-refractivity contribution in [1.82, 2.24) is 14.5 Å². The van der Waals surface area contributed by atoms with E-state index in [-0.39, 0.29) is 6.03 Å². The van der Waals surface area contributed by atoms with Crippen LogP contribution in [0.2, 0.25) is 0 Å². The molecule has 1 aliphatic heterocycles. The highest BCUT2D eigenvalue weighted by atomic mass is 16.2. The van der Waals surface area contributed by atoms with Gasteiger partial charge in [-0.1, -0.05) is 19.8 Å². The van der Waals surface area contributed by atoms with Crippen molar-refractivity contribution in [2.45, 2.75) is 32.6 Å². The van der Waals surface area contributed by atoms with Crippen molar-refractivity contribution in [1.29, 1.82) is 0 Å². The predicted molar refractivity (Wildman–Crippen MR) is 57.8 cm³/mol. The Morgan fingerprint density at radius 3 is 3.13 bits per heavy atom. The van der Waals surface area contributed by atoms with Gasteiger partial charge in [-0.25, -0.2) is 9.78 Å². The summed E-state index contributed by atoms with van der Waals surface area (Å²) >= 11 is 0. The fraction of sp³-hybridized carbons (Fsp3) is 0.636. The first-order chi connectivity index (χ1) is 7.33. The number of imidazole rings is 1. The molecule has 15 heavy (non-hydrogen) atoms. The molecule has 0 radical (unpaired) electrons. The van der Waals surface area contributed by atoms with Crippen molar-refractivity contribution in [3.05, 3.63) is 18.2 Å². The Bertz CT molecular complexity index is 345. The molecule has 0 aromatic carbocycles. The Morgan fingerprint density at radius 2 is 2.33 bits per heavy atom. The van der Waals surface area contributed by atoms with Gasteiger partial charge >= 0.3 is 6.03 Å². The van der Waals surface area contributed by atoms with E-state index in [0.717, 1.165) is 31.6 Å². The molecule has 1 amide bonds. The summed E-state index contributed by atoms with van der Waals surface area (Å²) in [6, 6.07) is 0.0878. The molecule has 2 rings (SSSR count). The Morgan fingerprint density at radius 1 is 1.47 bits per heavy atom. The molecule has 1 aromatic rings. The fourth-order valence-corrected chi connectivity index (χ4v) is 1.94. The Balaban J connectivity index is 1.97. The summed E-state index contributed by atoms with van der Waals surface area (Å²) in [4.78, 5) is 17.8. The number of nitrogens with zero attached hydrogens (tertiary/aromatic N) is 3. The number of carbonyl (C=O) groups is 1. The lowest BCUT2D eigenvalue weighted by Crippen LogP contribution is -2.41. The maximum Gasteiger partial charge on any atom is 0.329 e. The van der Waals surface area contributed by atoms with Gasteiger partial charge in [0.25, 0.3) is 0 Å². The van der Waals surface area contributed by atoms with Gasteiger partial charge in [0.05, 0.1) is 0 Å². The number of aromatic nitrogens is 2. The molecular weight excluding hydrogens is 190 g/mol. The molecular formula is C11H17N3O. The molecule has 1 aromatic heterocycles. The van der Waals surface area contributed by atoms with E-state index in [1.165, 1.54) is 12.8 Å². The van der Waals surface area contributed by atoms with Crippen molar-refractivity contribution in [3.63, 3.8) is 0 Å². The average molecular weight is 207 g/mol. The highest BCUT2D eigenvalue weighted by Crippen LogP contribution is 2.12. The van der Waals surface area contributed by atoms with Crippen LogP contribution in [0.15, 0.2) is 12.5 Å². The summed E-state index contributed by atoms with van der Waals surface area (Å²) < 4.78 is 1.66. The Kier molecular flexibility index (Phi) is 3.04. The van der Waals surface area contributed by atoms with Crippen LogP contribution in [0.5, 0.6) is 0 Å². The molecule has 0 bridgehead atoms. The zero-order chi connectivity index (χ0) is 10.7. The highest BCUT2D eigenvalue weighted by Gasteiger charge is 2.22. The SMILES string of the molecule is CCCCCN1CCc2cncn2C1=O. The lowest BCUT2D eigenvalue weighted by atomic mass is 10.2. The number of unbranched alkanes of at least 4 members (excludes halogenated alkanes) is 2. The second kappa shape index (κ2) is 4.47. The third-order valence-electron chi connectivity index (χ3n) is 2.86. The van der Waals surface area contributed by atoms with E-state index in [1.54, 1.807) is 17.1 Å². The van der Waals surface area contributed by atoms with E-state index in [4.69, 9.17) is 0 Å². The van der Waals surface area contributed by atoms with Gasteiger partial charge in [-0.15, -0.1) is 0 Å². The van der Waals surface area contributed by atoms with Gasteiger partial charge in [0.15, 0.2) is 0 Å². The summed E-state index contributed by atoms with van der Waals surface area (Å²) in [5.74, 6) is 0. The summed E-state index contributed by atoms with van der Waals surface area (Å²) in [5.41, 5.74) is 1.03.